The summed E-state index contributed by atoms with van der Waals surface area (Å²) >= 11 is 28.0. The van der Waals surface area contributed by atoms with E-state index in [4.69, 9.17) is 107 Å². The van der Waals surface area contributed by atoms with Gasteiger partial charge in [0.2, 0.25) is 23.6 Å². The number of carbonyl (C=O) groups excluding carboxylic acids is 4. The van der Waals surface area contributed by atoms with Gasteiger partial charge in [-0.05, 0) is 213 Å². The van der Waals surface area contributed by atoms with Crippen LogP contribution in [0.3, 0.4) is 0 Å². The molecule has 12 aromatic carbocycles. The van der Waals surface area contributed by atoms with Crippen molar-refractivity contribution in [3.8, 4) is 46.0 Å². The Morgan fingerprint density at radius 1 is 0.328 bits per heavy atom. The Kier molecular flexibility index (Phi) is 28.2. The minimum atomic E-state index is -0.605. The number of H-pyrrole nitrogens is 4. The van der Waals surface area contributed by atoms with Crippen LogP contribution in [0.2, 0.25) is 20.1 Å². The van der Waals surface area contributed by atoms with Gasteiger partial charge in [0, 0.05) is 63.5 Å². The number of carbonyl (C=O) groups is 4. The first kappa shape index (κ1) is 86.2. The summed E-state index contributed by atoms with van der Waals surface area (Å²) in [5.41, 5.74) is 34.9. The van der Waals surface area contributed by atoms with Gasteiger partial charge in [-0.15, -0.1) is 0 Å². The maximum atomic E-state index is 14.2. The number of ether oxygens (including phenoxy) is 8. The number of halogens is 7. The van der Waals surface area contributed by atoms with Crippen molar-refractivity contribution in [1.82, 2.24) is 39.9 Å². The van der Waals surface area contributed by atoms with E-state index in [1.54, 1.807) is 97.1 Å². The Labute approximate surface area is 724 Å². The number of benzene rings is 12. The molecule has 122 heavy (non-hydrogen) atoms. The normalized spacial score (nSPS) is 10.9. The molecule has 0 spiro atoms. The third-order valence-electron chi connectivity index (χ3n) is 18.4. The van der Waals surface area contributed by atoms with Crippen molar-refractivity contribution in [2.75, 3.05) is 0 Å². The van der Waals surface area contributed by atoms with Crippen LogP contribution in [0.25, 0.3) is 44.1 Å². The molecule has 0 atom stereocenters. The molecule has 31 heteroatoms. The van der Waals surface area contributed by atoms with Crippen molar-refractivity contribution in [2.24, 2.45) is 22.9 Å². The predicted octanol–water partition coefficient (Wildman–Crippen LogP) is 19.9. The van der Waals surface area contributed by atoms with Crippen molar-refractivity contribution in [1.29, 1.82) is 0 Å². The number of aromatic amines is 4. The molecule has 0 radical (unpaired) electrons. The fourth-order valence-electron chi connectivity index (χ4n) is 12.1. The van der Waals surface area contributed by atoms with Crippen LogP contribution in [0.1, 0.15) is 104 Å². The summed E-state index contributed by atoms with van der Waals surface area (Å²) in [6.07, 6.45) is 0. The molecule has 16 aromatic rings. The Hall–Kier alpha value is -13.7. The fraction of sp³-hybridized carbons (Fsp3) is 0.121. The number of hydrogen-bond donors (Lipinski definition) is 8. The van der Waals surface area contributed by atoms with Crippen LogP contribution in [0, 0.1) is 32.4 Å². The van der Waals surface area contributed by atoms with Crippen LogP contribution < -0.4 is 60.8 Å². The van der Waals surface area contributed by atoms with Crippen molar-refractivity contribution < 1.29 is 65.9 Å². The first-order valence-corrected chi connectivity index (χ1v) is 39.7. The standard InChI is InChI=1S/C23H19Cl2N3O3.2C23H19ClFN3O3.C22H18BrN3O3/c1-13-2-3-15(17(25)8-13)11-30-21-9-14(23(26)29)4-7-20(21)31-12-22-27-18-6-5-16(24)10-19(18)28-22;1-13-2-3-15(17(24)8-13)11-30-21-9-14(23(26)29)4-7-20(21)31-12-22-27-18-6-5-16(25)10-19(18)28-22;1-13-2-3-15(17(25)8-13)11-30-21-9-14(23(26)29)4-7-20(21)31-12-22-27-18-6-5-16(24)10-19(18)28-22;23-16-8-5-14(6-9-16)12-28-20-11-15(22(24)27)7-10-19(20)29-13-21-25-17-3-1-2-4-18(17)26-21/h3*2-10H,11-12H2,1H3,(H2,26,29)(H,27,28);1-11H,12-13H2,(H2,24,27)(H,25,26). The number of primary amides is 4. The molecule has 0 saturated carbocycles. The topological polar surface area (TPSA) is 361 Å². The maximum absolute atomic E-state index is 14.2. The zero-order valence-electron chi connectivity index (χ0n) is 65.2. The van der Waals surface area contributed by atoms with Crippen LogP contribution in [0.5, 0.6) is 46.0 Å². The lowest BCUT2D eigenvalue weighted by molar-refractivity contribution is 0.0991. The zero-order valence-corrected chi connectivity index (χ0v) is 69.8. The second-order valence-electron chi connectivity index (χ2n) is 27.6. The number of nitrogens with one attached hydrogen (secondary N) is 4. The second kappa shape index (κ2) is 39.9. The molecule has 4 amide bonds. The zero-order chi connectivity index (χ0) is 86.1. The third-order valence-corrected chi connectivity index (χ3v) is 20.1. The number of rotatable bonds is 28. The summed E-state index contributed by atoms with van der Waals surface area (Å²) in [5.74, 6) is 2.63. The van der Waals surface area contributed by atoms with E-state index in [9.17, 15) is 28.0 Å². The summed E-state index contributed by atoms with van der Waals surface area (Å²) in [5, 5.41) is 2.42. The summed E-state index contributed by atoms with van der Waals surface area (Å²) in [6.45, 7) is 7.03. The van der Waals surface area contributed by atoms with Gasteiger partial charge in [-0.3, -0.25) is 19.2 Å². The Morgan fingerprint density at radius 2 is 0.656 bits per heavy atom. The lowest BCUT2D eigenvalue weighted by Gasteiger charge is -2.14. The van der Waals surface area contributed by atoms with Gasteiger partial charge in [0.25, 0.3) is 0 Å². The molecule has 0 fully saturated rings. The van der Waals surface area contributed by atoms with Crippen LogP contribution in [0.15, 0.2) is 235 Å². The van der Waals surface area contributed by atoms with Crippen LogP contribution in [0.4, 0.5) is 8.78 Å². The molecular weight excluding hydrogens is 1710 g/mol. The number of nitrogens with zero attached hydrogens (tertiary/aromatic N) is 4. The molecule has 0 aliphatic heterocycles. The van der Waals surface area contributed by atoms with E-state index in [1.165, 1.54) is 36.4 Å². The van der Waals surface area contributed by atoms with E-state index in [0.717, 1.165) is 71.0 Å². The summed E-state index contributed by atoms with van der Waals surface area (Å²) in [4.78, 5) is 76.7. The van der Waals surface area contributed by atoms with Crippen LogP contribution >= 0.6 is 62.3 Å². The molecular formula is C91H75BrCl4F2N12O12. The Bertz CT molecular complexity index is 6030. The van der Waals surface area contributed by atoms with Gasteiger partial charge in [0.1, 0.15) is 87.8 Å². The predicted molar refractivity (Wildman–Crippen MR) is 467 cm³/mol. The average molecular weight is 1790 g/mol. The number of nitrogens with two attached hydrogens (primary N) is 4. The minimum Gasteiger partial charge on any atom is -0.485 e. The van der Waals surface area contributed by atoms with Gasteiger partial charge in [0.05, 0.1) is 44.1 Å². The molecule has 12 N–H and O–H groups in total. The van der Waals surface area contributed by atoms with Gasteiger partial charge in [-0.25, -0.2) is 28.7 Å². The molecule has 4 aromatic heterocycles. The van der Waals surface area contributed by atoms with Crippen molar-refractivity contribution in [2.45, 2.75) is 73.6 Å². The number of aryl methyl sites for hydroxylation is 3. The number of aromatic nitrogens is 8. The fourth-order valence-corrected chi connectivity index (χ4v) is 13.2. The molecule has 0 bridgehead atoms. The monoisotopic (exact) mass is 1780 g/mol. The van der Waals surface area contributed by atoms with Crippen molar-refractivity contribution in [3.05, 3.63) is 351 Å². The van der Waals surface area contributed by atoms with Gasteiger partial charge < -0.3 is 80.8 Å². The lowest BCUT2D eigenvalue weighted by Crippen LogP contribution is -2.11. The smallest absolute Gasteiger partial charge is 0.248 e. The number of hydrogen-bond acceptors (Lipinski definition) is 16. The van der Waals surface area contributed by atoms with Crippen molar-refractivity contribution in [3.63, 3.8) is 0 Å². The average Bonchev–Trinajstić information content (AvgIpc) is 1.68. The van der Waals surface area contributed by atoms with Gasteiger partial charge >= 0.3 is 0 Å². The minimum absolute atomic E-state index is 0.0339. The van der Waals surface area contributed by atoms with Gasteiger partial charge in [-0.2, -0.15) is 0 Å². The first-order chi connectivity index (χ1) is 58.7. The highest BCUT2D eigenvalue weighted by molar-refractivity contribution is 9.10. The highest BCUT2D eigenvalue weighted by Crippen LogP contribution is 2.36. The number of fused-ring (bicyclic) bond motifs is 4. The summed E-state index contributed by atoms with van der Waals surface area (Å²) in [7, 11) is 0. The van der Waals surface area contributed by atoms with E-state index in [0.29, 0.717) is 118 Å². The Morgan fingerprint density at radius 3 is 1.03 bits per heavy atom. The second-order valence-corrected chi connectivity index (χ2v) is 30.2. The number of para-hydroxylation sites is 2. The molecule has 16 rings (SSSR count). The maximum Gasteiger partial charge on any atom is 0.248 e. The quantitative estimate of drug-likeness (QED) is 0.0226. The molecule has 0 unspecified atom stereocenters. The lowest BCUT2D eigenvalue weighted by atomic mass is 10.1. The van der Waals surface area contributed by atoms with E-state index >= 15 is 0 Å². The summed E-state index contributed by atoms with van der Waals surface area (Å²) < 4.78 is 75.6. The Balaban J connectivity index is 0.000000140. The number of amides is 4. The third kappa shape index (κ3) is 23.2. The van der Waals surface area contributed by atoms with Gasteiger partial charge in [0.15, 0.2) is 46.0 Å². The van der Waals surface area contributed by atoms with Crippen LogP contribution in [-0.2, 0) is 52.9 Å². The molecule has 24 nitrogen and oxygen atoms in total. The first-order valence-electron chi connectivity index (χ1n) is 37.4. The van der Waals surface area contributed by atoms with Crippen molar-refractivity contribution >= 4 is 130 Å². The molecule has 0 aliphatic carbocycles. The highest BCUT2D eigenvalue weighted by atomic mass is 79.9. The van der Waals surface area contributed by atoms with E-state index in [1.807, 2.05) is 118 Å². The summed E-state index contributed by atoms with van der Waals surface area (Å²) in [6, 6.07) is 65.8. The largest absolute Gasteiger partial charge is 0.485 e. The molecule has 620 valence electrons. The molecule has 0 aliphatic rings. The number of imidazole rings is 4. The van der Waals surface area contributed by atoms with E-state index < -0.39 is 23.6 Å². The highest BCUT2D eigenvalue weighted by Gasteiger charge is 2.20. The van der Waals surface area contributed by atoms with E-state index in [-0.39, 0.29) is 74.8 Å². The SMILES string of the molecule is Cc1ccc(COc2cc(C(N)=O)ccc2OCc2nc3ccc(Cl)cc3[nH]2)c(Cl)c1.Cc1ccc(COc2cc(C(N)=O)ccc2OCc2nc3ccc(Cl)cc3[nH]2)c(F)c1.Cc1ccc(COc2cc(C(N)=O)ccc2OCc2nc3ccc(F)cc3[nH]2)c(Cl)c1.NC(=O)c1ccc(OCc2nc3ccccc3[nH]2)c(OCc2ccc(Br)cc2)c1. The van der Waals surface area contributed by atoms with E-state index in [2.05, 4.69) is 55.8 Å². The van der Waals surface area contributed by atoms with Gasteiger partial charge in [-0.1, -0.05) is 123 Å². The molecule has 0 saturated heterocycles. The molecule has 4 heterocycles. The van der Waals surface area contributed by atoms with Crippen LogP contribution in [-0.4, -0.2) is 63.5 Å².